The van der Waals surface area contributed by atoms with Crippen LogP contribution < -0.4 is 0 Å². The summed E-state index contributed by atoms with van der Waals surface area (Å²) in [5, 5.41) is 9.29. The van der Waals surface area contributed by atoms with Crippen molar-refractivity contribution in [3.8, 4) is 0 Å². The molecule has 0 bridgehead atoms. The smallest absolute Gasteiger partial charge is 0.194 e. The zero-order valence-electron chi connectivity index (χ0n) is 7.75. The topological polar surface area (TPSA) is 68.6 Å². The first kappa shape index (κ1) is 10.2. The molecule has 0 aliphatic heterocycles. The molecule has 2 aromatic rings. The Morgan fingerprint density at radius 1 is 1.33 bits per heavy atom. The maximum absolute atomic E-state index is 10.4. The third-order valence-electron chi connectivity index (χ3n) is 1.47. The van der Waals surface area contributed by atoms with Gasteiger partial charge in [0.05, 0.1) is 5.56 Å². The zero-order chi connectivity index (χ0) is 10.7. The molecule has 0 fully saturated rings. The molecule has 0 saturated heterocycles. The van der Waals surface area contributed by atoms with Gasteiger partial charge >= 0.3 is 0 Å². The number of aldehydes is 1. The summed E-state index contributed by atoms with van der Waals surface area (Å²) in [6.07, 6.45) is 3.68. The quantitative estimate of drug-likeness (QED) is 0.597. The molecule has 2 rings (SSSR count). The van der Waals surface area contributed by atoms with Crippen LogP contribution in [0.2, 0.25) is 0 Å². The van der Waals surface area contributed by atoms with E-state index in [-0.39, 0.29) is 0 Å². The van der Waals surface area contributed by atoms with E-state index in [2.05, 4.69) is 20.2 Å². The lowest BCUT2D eigenvalue weighted by Gasteiger charge is -1.94. The van der Waals surface area contributed by atoms with Crippen molar-refractivity contribution >= 4 is 29.4 Å². The predicted octanol–water partition coefficient (Wildman–Crippen LogP) is 1.60. The van der Waals surface area contributed by atoms with Gasteiger partial charge in [0.25, 0.3) is 0 Å². The van der Waals surface area contributed by atoms with Crippen LogP contribution in [0.25, 0.3) is 0 Å². The van der Waals surface area contributed by atoms with Crippen LogP contribution in [0.5, 0.6) is 0 Å². The average molecular weight is 238 g/mol. The Morgan fingerprint density at radius 3 is 2.60 bits per heavy atom. The average Bonchev–Trinajstić information content (AvgIpc) is 2.65. The molecule has 0 radical (unpaired) electrons. The van der Waals surface area contributed by atoms with Gasteiger partial charge in [0, 0.05) is 12.4 Å². The summed E-state index contributed by atoms with van der Waals surface area (Å²) in [6, 6.07) is 0. The molecule has 0 saturated carbocycles. The number of aromatic nitrogens is 4. The van der Waals surface area contributed by atoms with E-state index in [4.69, 9.17) is 0 Å². The Labute approximate surface area is 94.0 Å². The lowest BCUT2D eigenvalue weighted by Crippen LogP contribution is -1.88. The molecule has 0 spiro atoms. The molecular weight excluding hydrogens is 232 g/mol. The summed E-state index contributed by atoms with van der Waals surface area (Å²) in [6.45, 7) is 1.89. The lowest BCUT2D eigenvalue weighted by atomic mass is 10.4. The molecule has 0 aromatic carbocycles. The second-order valence-electron chi connectivity index (χ2n) is 2.61. The second-order valence-corrected chi connectivity index (χ2v) is 5.00. The molecule has 76 valence electrons. The molecule has 5 nitrogen and oxygen atoms in total. The Bertz CT molecular complexity index is 468. The number of carbonyl (C=O) groups is 1. The van der Waals surface area contributed by atoms with Crippen molar-refractivity contribution in [1.82, 2.24) is 20.2 Å². The molecular formula is C8H6N4OS2. The first-order chi connectivity index (χ1) is 7.28. The van der Waals surface area contributed by atoms with Crippen LogP contribution in [0.3, 0.4) is 0 Å². The Kier molecular flexibility index (Phi) is 3.02. The largest absolute Gasteiger partial charge is 0.298 e. The van der Waals surface area contributed by atoms with E-state index >= 15 is 0 Å². The summed E-state index contributed by atoms with van der Waals surface area (Å²) < 4.78 is 0.798. The monoisotopic (exact) mass is 238 g/mol. The van der Waals surface area contributed by atoms with Crippen molar-refractivity contribution in [2.24, 2.45) is 0 Å². The van der Waals surface area contributed by atoms with Gasteiger partial charge < -0.3 is 0 Å². The summed E-state index contributed by atoms with van der Waals surface area (Å²) in [5.41, 5.74) is 0.466. The molecule has 2 aromatic heterocycles. The highest BCUT2D eigenvalue weighted by Gasteiger charge is 2.05. The van der Waals surface area contributed by atoms with E-state index in [0.29, 0.717) is 17.0 Å². The normalized spacial score (nSPS) is 10.2. The third-order valence-corrected chi connectivity index (χ3v) is 3.25. The van der Waals surface area contributed by atoms with Crippen molar-refractivity contribution < 1.29 is 4.79 Å². The minimum Gasteiger partial charge on any atom is -0.298 e. The Balaban J connectivity index is 2.14. The van der Waals surface area contributed by atoms with Gasteiger partial charge in [0.15, 0.2) is 15.8 Å². The molecule has 0 aliphatic rings. The van der Waals surface area contributed by atoms with E-state index in [1.165, 1.54) is 35.5 Å². The summed E-state index contributed by atoms with van der Waals surface area (Å²) in [5.74, 6) is 0. The number of hydrogen-bond donors (Lipinski definition) is 0. The van der Waals surface area contributed by atoms with Crippen molar-refractivity contribution in [1.29, 1.82) is 0 Å². The molecule has 0 aliphatic carbocycles. The summed E-state index contributed by atoms with van der Waals surface area (Å²) in [4.78, 5) is 18.4. The van der Waals surface area contributed by atoms with E-state index < -0.39 is 0 Å². The van der Waals surface area contributed by atoms with Crippen molar-refractivity contribution in [3.63, 3.8) is 0 Å². The van der Waals surface area contributed by atoms with E-state index in [1.54, 1.807) is 0 Å². The van der Waals surface area contributed by atoms with Gasteiger partial charge in [-0.1, -0.05) is 11.3 Å². The van der Waals surface area contributed by atoms with E-state index in [9.17, 15) is 4.79 Å². The Morgan fingerprint density at radius 2 is 2.07 bits per heavy atom. The number of rotatable bonds is 3. The van der Waals surface area contributed by atoms with Gasteiger partial charge in [-0.05, 0) is 18.7 Å². The van der Waals surface area contributed by atoms with Crippen molar-refractivity contribution in [2.45, 2.75) is 16.4 Å². The van der Waals surface area contributed by atoms with Gasteiger partial charge in [0.1, 0.15) is 5.01 Å². The molecule has 7 heteroatoms. The first-order valence-corrected chi connectivity index (χ1v) is 5.66. The highest BCUT2D eigenvalue weighted by atomic mass is 32.2. The van der Waals surface area contributed by atoms with Crippen LogP contribution in [-0.4, -0.2) is 26.5 Å². The van der Waals surface area contributed by atoms with Crippen LogP contribution in [0.4, 0.5) is 0 Å². The number of aryl methyl sites for hydroxylation is 1. The zero-order valence-corrected chi connectivity index (χ0v) is 9.38. The molecule has 2 heterocycles. The SMILES string of the molecule is Cc1nnc(Sc2ncc(C=O)cn2)s1. The van der Waals surface area contributed by atoms with Gasteiger partial charge in [0.2, 0.25) is 0 Å². The number of carbonyl (C=O) groups excluding carboxylic acids is 1. The van der Waals surface area contributed by atoms with E-state index in [0.717, 1.165) is 9.35 Å². The molecule has 0 amide bonds. The lowest BCUT2D eigenvalue weighted by molar-refractivity contribution is 0.112. The highest BCUT2D eigenvalue weighted by molar-refractivity contribution is 8.00. The van der Waals surface area contributed by atoms with Crippen LogP contribution in [-0.2, 0) is 0 Å². The van der Waals surface area contributed by atoms with E-state index in [1.807, 2.05) is 6.92 Å². The van der Waals surface area contributed by atoms with Crippen LogP contribution >= 0.6 is 23.1 Å². The molecule has 0 atom stereocenters. The van der Waals surface area contributed by atoms with Crippen LogP contribution in [0.1, 0.15) is 15.4 Å². The Hall–Kier alpha value is -1.34. The maximum atomic E-state index is 10.4. The fourth-order valence-corrected chi connectivity index (χ4v) is 2.45. The van der Waals surface area contributed by atoms with Gasteiger partial charge in [-0.2, -0.15) is 0 Å². The minimum absolute atomic E-state index is 0.466. The van der Waals surface area contributed by atoms with Crippen LogP contribution in [0.15, 0.2) is 21.9 Å². The molecule has 0 N–H and O–H groups in total. The fourth-order valence-electron chi connectivity index (χ4n) is 0.837. The highest BCUT2D eigenvalue weighted by Crippen LogP contribution is 2.26. The van der Waals surface area contributed by atoms with Crippen molar-refractivity contribution in [3.05, 3.63) is 23.0 Å². The molecule has 0 unspecified atom stereocenters. The summed E-state index contributed by atoms with van der Waals surface area (Å²) >= 11 is 2.82. The fraction of sp³-hybridized carbons (Fsp3) is 0.125. The standard InChI is InChI=1S/C8H6N4OS2/c1-5-11-12-8(14-5)15-7-9-2-6(4-13)3-10-7/h2-4H,1H3. The van der Waals surface area contributed by atoms with Gasteiger partial charge in [-0.25, -0.2) is 9.97 Å². The van der Waals surface area contributed by atoms with Gasteiger partial charge in [-0.15, -0.1) is 10.2 Å². The first-order valence-electron chi connectivity index (χ1n) is 4.03. The molecule has 15 heavy (non-hydrogen) atoms. The van der Waals surface area contributed by atoms with Crippen LogP contribution in [0, 0.1) is 6.92 Å². The van der Waals surface area contributed by atoms with Crippen molar-refractivity contribution in [2.75, 3.05) is 0 Å². The third kappa shape index (κ3) is 2.57. The predicted molar refractivity (Wildman–Crippen MR) is 56.2 cm³/mol. The van der Waals surface area contributed by atoms with Gasteiger partial charge in [-0.3, -0.25) is 4.79 Å². The minimum atomic E-state index is 0.466. The summed E-state index contributed by atoms with van der Waals surface area (Å²) in [7, 11) is 0. The number of hydrogen-bond acceptors (Lipinski definition) is 7. The maximum Gasteiger partial charge on any atom is 0.194 e. The second kappa shape index (κ2) is 4.45. The number of nitrogens with zero attached hydrogens (tertiary/aromatic N) is 4.